The van der Waals surface area contributed by atoms with Crippen molar-refractivity contribution in [2.45, 2.75) is 104 Å². The molecule has 3 aliphatic heterocycles. The Bertz CT molecular complexity index is 1370. The number of thiazole rings is 1. The normalized spacial score (nSPS) is 20.9. The van der Waals surface area contributed by atoms with Crippen molar-refractivity contribution in [2.24, 2.45) is 11.3 Å². The third-order valence-corrected chi connectivity index (χ3v) is 9.09. The smallest absolute Gasteiger partial charge is 0.276 e. The van der Waals surface area contributed by atoms with Gasteiger partial charge in [-0.1, -0.05) is 47.0 Å². The van der Waals surface area contributed by atoms with Gasteiger partial charge in [-0.2, -0.15) is 5.06 Å². The quantitative estimate of drug-likeness (QED) is 0.173. The van der Waals surface area contributed by atoms with Gasteiger partial charge in [-0.05, 0) is 68.4 Å². The van der Waals surface area contributed by atoms with Crippen LogP contribution in [0.5, 0.6) is 0 Å². The molecule has 2 N–H and O–H groups in total. The number of likely N-dealkylation sites (tertiary alicyclic amines) is 1. The molecule has 1 aromatic rings. The summed E-state index contributed by atoms with van der Waals surface area (Å²) in [7, 11) is 0. The van der Waals surface area contributed by atoms with E-state index in [4.69, 9.17) is 15.1 Å². The van der Waals surface area contributed by atoms with Gasteiger partial charge in [0.2, 0.25) is 5.91 Å². The van der Waals surface area contributed by atoms with E-state index in [1.165, 1.54) is 27.4 Å². The molecule has 0 unspecified atom stereocenters. The highest BCUT2D eigenvalue weighted by Gasteiger charge is 2.51. The average Bonchev–Trinajstić information content (AvgIpc) is 3.44. The highest BCUT2D eigenvalue weighted by molar-refractivity contribution is 7.10. The van der Waals surface area contributed by atoms with E-state index < -0.39 is 18.1 Å². The molecule has 0 saturated carbocycles. The van der Waals surface area contributed by atoms with E-state index in [-0.39, 0.29) is 48.2 Å². The maximum Gasteiger partial charge on any atom is 0.276 e. The second kappa shape index (κ2) is 16.8. The van der Waals surface area contributed by atoms with Gasteiger partial charge in [-0.25, -0.2) is 4.98 Å². The third-order valence-electron chi connectivity index (χ3n) is 8.28. The van der Waals surface area contributed by atoms with E-state index in [0.29, 0.717) is 36.6 Å². The van der Waals surface area contributed by atoms with Crippen molar-refractivity contribution in [1.82, 2.24) is 24.7 Å². The van der Waals surface area contributed by atoms with E-state index in [2.05, 4.69) is 21.7 Å². The zero-order chi connectivity index (χ0) is 34.1. The minimum Gasteiger partial charge on any atom is -0.396 e. The van der Waals surface area contributed by atoms with Crippen LogP contribution in [0.15, 0.2) is 23.5 Å². The molecule has 0 spiro atoms. The van der Waals surface area contributed by atoms with Gasteiger partial charge in [0, 0.05) is 44.2 Å². The molecule has 2 saturated heterocycles. The molecule has 0 aliphatic carbocycles. The summed E-state index contributed by atoms with van der Waals surface area (Å²) in [5.74, 6) is 5.62. The molecule has 3 amide bonds. The van der Waals surface area contributed by atoms with Crippen LogP contribution in [-0.4, -0.2) is 104 Å². The zero-order valence-electron chi connectivity index (χ0n) is 28.5. The molecule has 1 aromatic heterocycles. The number of nitrogens with zero attached hydrogens (tertiary/aromatic N) is 5. The lowest BCUT2D eigenvalue weighted by Crippen LogP contribution is -2.68. The Hall–Kier alpha value is -3.08. The predicted molar refractivity (Wildman–Crippen MR) is 181 cm³/mol. The predicted octanol–water partition coefficient (Wildman–Crippen LogP) is 3.98. The summed E-state index contributed by atoms with van der Waals surface area (Å²) in [4.78, 5) is 58.0. The topological polar surface area (TPSA) is 127 Å². The van der Waals surface area contributed by atoms with E-state index in [0.717, 1.165) is 45.1 Å². The lowest BCUT2D eigenvalue weighted by molar-refractivity contribution is -0.227. The van der Waals surface area contributed by atoms with Crippen LogP contribution < -0.4 is 0 Å². The van der Waals surface area contributed by atoms with Crippen LogP contribution in [0.25, 0.3) is 6.08 Å². The summed E-state index contributed by atoms with van der Waals surface area (Å²) in [6.07, 6.45) is 9.52. The van der Waals surface area contributed by atoms with Crippen LogP contribution in [0, 0.1) is 23.2 Å². The second-order valence-electron chi connectivity index (χ2n) is 14.2. The number of hydrogen-bond donors (Lipinski definition) is 2. The maximum atomic E-state index is 14.1. The van der Waals surface area contributed by atoms with Crippen molar-refractivity contribution in [3.63, 3.8) is 0 Å². The molecule has 3 aliphatic rings. The fourth-order valence-electron chi connectivity index (χ4n) is 5.91. The molecule has 0 bridgehead atoms. The highest BCUT2D eigenvalue weighted by Crippen LogP contribution is 2.37. The number of hydroxylamine groups is 2. The number of aliphatic hydroxyl groups is 2. The average molecular weight is 670 g/mol. The van der Waals surface area contributed by atoms with Crippen molar-refractivity contribution in [1.29, 1.82) is 0 Å². The van der Waals surface area contributed by atoms with Crippen molar-refractivity contribution in [3.05, 3.63) is 34.2 Å². The van der Waals surface area contributed by atoms with Crippen LogP contribution in [0.2, 0.25) is 0 Å². The Morgan fingerprint density at radius 1 is 1.11 bits per heavy atom. The van der Waals surface area contributed by atoms with E-state index in [1.807, 2.05) is 40.0 Å². The van der Waals surface area contributed by atoms with E-state index >= 15 is 0 Å². The SMILES string of the molecule is CC(C)C[C@H]1ON(C(=O)/C=C/c2nc(C#CCCCCCO)cs2)C2=CN(C3CN(CCCCO)C3)C(=O)[C@H](CC(C)(C)C)N2C1=O. The minimum absolute atomic E-state index is 0.0887. The summed E-state index contributed by atoms with van der Waals surface area (Å²) in [6.45, 7) is 12.7. The molecule has 2 atom stereocenters. The first kappa shape index (κ1) is 36.8. The van der Waals surface area contributed by atoms with Crippen LogP contribution in [0.1, 0.15) is 96.7 Å². The number of carbonyl (C=O) groups is 3. The molecule has 11 nitrogen and oxygen atoms in total. The summed E-state index contributed by atoms with van der Waals surface area (Å²) < 4.78 is 0. The number of amides is 3. The summed E-state index contributed by atoms with van der Waals surface area (Å²) >= 11 is 1.38. The molecule has 0 radical (unpaired) electrons. The van der Waals surface area contributed by atoms with Crippen LogP contribution >= 0.6 is 11.3 Å². The monoisotopic (exact) mass is 669 g/mol. The number of fused-ring (bicyclic) bond motifs is 1. The third kappa shape index (κ3) is 9.97. The van der Waals surface area contributed by atoms with E-state index in [9.17, 15) is 14.4 Å². The lowest BCUT2D eigenvalue weighted by atomic mass is 9.85. The Balaban J connectivity index is 1.59. The number of carbonyl (C=O) groups excluding carboxylic acids is 3. The van der Waals surface area contributed by atoms with Gasteiger partial charge in [0.05, 0.1) is 12.2 Å². The van der Waals surface area contributed by atoms with Gasteiger partial charge in [0.1, 0.15) is 16.7 Å². The molecule has 12 heteroatoms. The molecule has 4 heterocycles. The minimum atomic E-state index is -0.906. The Morgan fingerprint density at radius 3 is 2.51 bits per heavy atom. The Kier molecular flexibility index (Phi) is 13.2. The van der Waals surface area contributed by atoms with Crippen molar-refractivity contribution < 1.29 is 29.4 Å². The fourth-order valence-corrected chi connectivity index (χ4v) is 6.55. The van der Waals surface area contributed by atoms with Gasteiger partial charge in [0.25, 0.3) is 11.8 Å². The highest BCUT2D eigenvalue weighted by atomic mass is 32.1. The summed E-state index contributed by atoms with van der Waals surface area (Å²) in [5, 5.41) is 21.7. The van der Waals surface area contributed by atoms with Crippen LogP contribution in [0.4, 0.5) is 0 Å². The molecule has 47 heavy (non-hydrogen) atoms. The number of aromatic nitrogens is 1. The van der Waals surface area contributed by atoms with Gasteiger partial charge in [-0.3, -0.25) is 29.0 Å². The second-order valence-corrected chi connectivity index (χ2v) is 15.1. The summed E-state index contributed by atoms with van der Waals surface area (Å²) in [5.41, 5.74) is 0.364. The van der Waals surface area contributed by atoms with Crippen molar-refractivity contribution >= 4 is 35.1 Å². The van der Waals surface area contributed by atoms with Crippen molar-refractivity contribution in [2.75, 3.05) is 32.8 Å². The van der Waals surface area contributed by atoms with Gasteiger partial charge < -0.3 is 15.1 Å². The Labute approximate surface area is 283 Å². The number of aliphatic hydroxyl groups excluding tert-OH is 2. The Morgan fingerprint density at radius 2 is 1.83 bits per heavy atom. The first-order valence-corrected chi connectivity index (χ1v) is 17.7. The van der Waals surface area contributed by atoms with Gasteiger partial charge in [0.15, 0.2) is 11.9 Å². The number of rotatable bonds is 14. The van der Waals surface area contributed by atoms with Crippen molar-refractivity contribution in [3.8, 4) is 11.8 Å². The summed E-state index contributed by atoms with van der Waals surface area (Å²) in [6, 6.07) is -0.859. The van der Waals surface area contributed by atoms with Crippen LogP contribution in [0.3, 0.4) is 0 Å². The molecule has 2 fully saturated rings. The first-order chi connectivity index (χ1) is 22.4. The molecule has 0 aromatic carbocycles. The standard InChI is InChI=1S/C35H51N5O6S/c1-25(2)19-29-34(45)39-28(20-35(3,4)5)33(44)38(27-21-37(22-27)16-10-12-18-42)23-31(39)40(46-29)32(43)15-14-30-36-26(24-47-30)13-9-7-6-8-11-17-41/h14-15,23-25,27-29,41-42H,6-8,10-12,16-22H2,1-5H3/b15-14+/t28-,29+/m0/s1. The van der Waals surface area contributed by atoms with Gasteiger partial charge >= 0.3 is 0 Å². The largest absolute Gasteiger partial charge is 0.396 e. The first-order valence-electron chi connectivity index (χ1n) is 16.9. The molecular weight excluding hydrogens is 618 g/mol. The molecule has 258 valence electrons. The zero-order valence-corrected chi connectivity index (χ0v) is 29.3. The van der Waals surface area contributed by atoms with E-state index in [1.54, 1.807) is 17.2 Å². The number of hydrogen-bond acceptors (Lipinski definition) is 9. The lowest BCUT2D eigenvalue weighted by Gasteiger charge is -2.52. The molecule has 4 rings (SSSR count). The van der Waals surface area contributed by atoms with Gasteiger partial charge in [-0.15, -0.1) is 11.3 Å². The molecular formula is C35H51N5O6S. The number of unbranched alkanes of at least 4 members (excludes halogenated alkanes) is 4. The maximum absolute atomic E-state index is 14.1. The van der Waals surface area contributed by atoms with Crippen LogP contribution in [-0.2, 0) is 19.2 Å². The fraction of sp³-hybridized carbons (Fsp3) is 0.657.